The number of fused-ring (bicyclic) bond motifs is 1. The van der Waals surface area contributed by atoms with E-state index in [-0.39, 0.29) is 5.91 Å². The van der Waals surface area contributed by atoms with Gasteiger partial charge in [-0.05, 0) is 36.2 Å². The Morgan fingerprint density at radius 2 is 2.05 bits per heavy atom. The second kappa shape index (κ2) is 4.76. The standard InChI is InChI=1S/C16H15NO2/c1-11-5-4-7-13(9-11)17-16(18)15-10-12-6-2-3-8-14(12)19-15/h2-9,15H,10H2,1H3,(H,17,18)/t15-/m1/s1. The van der Waals surface area contributed by atoms with Crippen LogP contribution in [0, 0.1) is 6.92 Å². The van der Waals surface area contributed by atoms with Crippen LogP contribution in [-0.4, -0.2) is 12.0 Å². The Balaban J connectivity index is 1.70. The van der Waals surface area contributed by atoms with Crippen LogP contribution >= 0.6 is 0 Å². The van der Waals surface area contributed by atoms with Crippen molar-refractivity contribution in [2.24, 2.45) is 0 Å². The van der Waals surface area contributed by atoms with E-state index in [1.54, 1.807) is 0 Å². The van der Waals surface area contributed by atoms with Gasteiger partial charge in [0.2, 0.25) is 0 Å². The van der Waals surface area contributed by atoms with Crippen LogP contribution in [0.2, 0.25) is 0 Å². The molecule has 2 aromatic carbocycles. The SMILES string of the molecule is Cc1cccc(NC(=O)[C@H]2Cc3ccccc3O2)c1. The summed E-state index contributed by atoms with van der Waals surface area (Å²) in [7, 11) is 0. The highest BCUT2D eigenvalue weighted by Gasteiger charge is 2.28. The number of hydrogen-bond acceptors (Lipinski definition) is 2. The average molecular weight is 253 g/mol. The van der Waals surface area contributed by atoms with E-state index >= 15 is 0 Å². The largest absolute Gasteiger partial charge is 0.480 e. The molecule has 3 rings (SSSR count). The monoisotopic (exact) mass is 253 g/mol. The molecule has 2 aromatic rings. The molecular weight excluding hydrogens is 238 g/mol. The summed E-state index contributed by atoms with van der Waals surface area (Å²) in [6, 6.07) is 15.5. The van der Waals surface area contributed by atoms with Gasteiger partial charge in [-0.3, -0.25) is 4.79 Å². The second-order valence-corrected chi connectivity index (χ2v) is 4.78. The molecule has 3 heteroatoms. The molecule has 1 N–H and O–H groups in total. The maximum atomic E-state index is 12.2. The maximum absolute atomic E-state index is 12.2. The van der Waals surface area contributed by atoms with E-state index in [1.807, 2.05) is 55.5 Å². The predicted octanol–water partition coefficient (Wildman–Crippen LogP) is 2.94. The van der Waals surface area contributed by atoms with E-state index < -0.39 is 6.10 Å². The van der Waals surface area contributed by atoms with Crippen molar-refractivity contribution in [2.75, 3.05) is 5.32 Å². The topological polar surface area (TPSA) is 38.3 Å². The first-order valence-corrected chi connectivity index (χ1v) is 6.34. The summed E-state index contributed by atoms with van der Waals surface area (Å²) in [5.74, 6) is 0.716. The third-order valence-electron chi connectivity index (χ3n) is 3.23. The summed E-state index contributed by atoms with van der Waals surface area (Å²) in [5.41, 5.74) is 3.02. The molecule has 1 aliphatic heterocycles. The molecule has 0 bridgehead atoms. The molecule has 0 aliphatic carbocycles. The number of amides is 1. The molecule has 0 saturated heterocycles. The van der Waals surface area contributed by atoms with Gasteiger partial charge in [-0.1, -0.05) is 30.3 Å². The van der Waals surface area contributed by atoms with Gasteiger partial charge in [-0.15, -0.1) is 0 Å². The first kappa shape index (κ1) is 11.8. The molecule has 1 atom stereocenters. The van der Waals surface area contributed by atoms with Crippen LogP contribution in [-0.2, 0) is 11.2 Å². The number of para-hydroxylation sites is 1. The van der Waals surface area contributed by atoms with Gasteiger partial charge in [0.25, 0.3) is 5.91 Å². The van der Waals surface area contributed by atoms with E-state index in [4.69, 9.17) is 4.74 Å². The van der Waals surface area contributed by atoms with Crippen LogP contribution in [0.4, 0.5) is 5.69 Å². The van der Waals surface area contributed by atoms with Gasteiger partial charge in [0, 0.05) is 12.1 Å². The van der Waals surface area contributed by atoms with E-state index in [9.17, 15) is 4.79 Å². The van der Waals surface area contributed by atoms with Crippen LogP contribution < -0.4 is 10.1 Å². The number of carbonyl (C=O) groups excluding carboxylic acids is 1. The number of benzene rings is 2. The molecule has 1 amide bonds. The van der Waals surface area contributed by atoms with Crippen molar-refractivity contribution in [1.82, 2.24) is 0 Å². The lowest BCUT2D eigenvalue weighted by molar-refractivity contribution is -0.122. The molecule has 0 saturated carbocycles. The lowest BCUT2D eigenvalue weighted by atomic mass is 10.1. The lowest BCUT2D eigenvalue weighted by Gasteiger charge is -2.11. The second-order valence-electron chi connectivity index (χ2n) is 4.78. The number of nitrogens with one attached hydrogen (secondary N) is 1. The molecular formula is C16H15NO2. The molecule has 0 unspecified atom stereocenters. The fourth-order valence-corrected chi connectivity index (χ4v) is 2.27. The van der Waals surface area contributed by atoms with Crippen molar-refractivity contribution in [3.05, 3.63) is 59.7 Å². The van der Waals surface area contributed by atoms with Gasteiger partial charge < -0.3 is 10.1 Å². The van der Waals surface area contributed by atoms with Gasteiger partial charge >= 0.3 is 0 Å². The Labute approximate surface area is 112 Å². The molecule has 1 aliphatic rings. The maximum Gasteiger partial charge on any atom is 0.265 e. The summed E-state index contributed by atoms with van der Waals surface area (Å²) in [5, 5.41) is 2.90. The summed E-state index contributed by atoms with van der Waals surface area (Å²) >= 11 is 0. The Bertz CT molecular complexity index is 597. The van der Waals surface area contributed by atoms with Crippen LogP contribution in [0.5, 0.6) is 5.75 Å². The van der Waals surface area contributed by atoms with Crippen LogP contribution in [0.1, 0.15) is 11.1 Å². The highest BCUT2D eigenvalue weighted by molar-refractivity contribution is 5.95. The Kier molecular flexibility index (Phi) is 2.95. The molecule has 0 spiro atoms. The summed E-state index contributed by atoms with van der Waals surface area (Å²) in [6.07, 6.45) is 0.200. The Morgan fingerprint density at radius 1 is 1.21 bits per heavy atom. The zero-order chi connectivity index (χ0) is 13.2. The summed E-state index contributed by atoms with van der Waals surface area (Å²) in [4.78, 5) is 12.2. The van der Waals surface area contributed by atoms with Crippen molar-refractivity contribution in [3.63, 3.8) is 0 Å². The molecule has 3 nitrogen and oxygen atoms in total. The first-order chi connectivity index (χ1) is 9.22. The number of carbonyl (C=O) groups is 1. The zero-order valence-electron chi connectivity index (χ0n) is 10.7. The Hall–Kier alpha value is -2.29. The van der Waals surface area contributed by atoms with Crippen molar-refractivity contribution in [1.29, 1.82) is 0 Å². The third-order valence-corrected chi connectivity index (χ3v) is 3.23. The third kappa shape index (κ3) is 2.45. The Morgan fingerprint density at radius 3 is 2.84 bits per heavy atom. The zero-order valence-corrected chi connectivity index (χ0v) is 10.7. The van der Waals surface area contributed by atoms with E-state index in [0.29, 0.717) is 6.42 Å². The highest BCUT2D eigenvalue weighted by Crippen LogP contribution is 2.28. The smallest absolute Gasteiger partial charge is 0.265 e. The number of anilines is 1. The van der Waals surface area contributed by atoms with Crippen molar-refractivity contribution >= 4 is 11.6 Å². The van der Waals surface area contributed by atoms with Gasteiger partial charge in [0.05, 0.1) is 0 Å². The van der Waals surface area contributed by atoms with E-state index in [1.165, 1.54) is 0 Å². The van der Waals surface area contributed by atoms with Crippen molar-refractivity contribution < 1.29 is 9.53 Å². The number of ether oxygens (including phenoxy) is 1. The number of hydrogen-bond donors (Lipinski definition) is 1. The average Bonchev–Trinajstić information content (AvgIpc) is 2.82. The predicted molar refractivity (Wildman–Crippen MR) is 74.4 cm³/mol. The molecule has 96 valence electrons. The van der Waals surface area contributed by atoms with Crippen LogP contribution in [0.25, 0.3) is 0 Å². The fourth-order valence-electron chi connectivity index (χ4n) is 2.27. The van der Waals surface area contributed by atoms with Crippen LogP contribution in [0.3, 0.4) is 0 Å². The molecule has 19 heavy (non-hydrogen) atoms. The minimum Gasteiger partial charge on any atom is -0.480 e. The highest BCUT2D eigenvalue weighted by atomic mass is 16.5. The molecule has 0 fully saturated rings. The quantitative estimate of drug-likeness (QED) is 0.893. The summed E-state index contributed by atoms with van der Waals surface area (Å²) < 4.78 is 5.66. The molecule has 0 aromatic heterocycles. The van der Waals surface area contributed by atoms with E-state index in [2.05, 4.69) is 5.32 Å². The van der Waals surface area contributed by atoms with Gasteiger partial charge in [-0.25, -0.2) is 0 Å². The van der Waals surface area contributed by atoms with Crippen LogP contribution in [0.15, 0.2) is 48.5 Å². The van der Waals surface area contributed by atoms with Crippen molar-refractivity contribution in [3.8, 4) is 5.75 Å². The van der Waals surface area contributed by atoms with Gasteiger partial charge in [-0.2, -0.15) is 0 Å². The minimum atomic E-state index is -0.432. The number of aryl methyl sites for hydroxylation is 1. The molecule has 1 heterocycles. The van der Waals surface area contributed by atoms with Gasteiger partial charge in [0.15, 0.2) is 6.10 Å². The summed E-state index contributed by atoms with van der Waals surface area (Å²) in [6.45, 7) is 2.00. The van der Waals surface area contributed by atoms with Gasteiger partial charge in [0.1, 0.15) is 5.75 Å². The lowest BCUT2D eigenvalue weighted by Crippen LogP contribution is -2.31. The number of rotatable bonds is 2. The normalized spacial score (nSPS) is 16.6. The fraction of sp³-hybridized carbons (Fsp3) is 0.188. The first-order valence-electron chi connectivity index (χ1n) is 6.34. The molecule has 0 radical (unpaired) electrons. The van der Waals surface area contributed by atoms with E-state index in [0.717, 1.165) is 22.6 Å². The minimum absolute atomic E-state index is 0.0956. The van der Waals surface area contributed by atoms with Crippen molar-refractivity contribution in [2.45, 2.75) is 19.4 Å².